The monoisotopic (exact) mass is 233 g/mol. The maximum absolute atomic E-state index is 12.1. The molecule has 0 unspecified atom stereocenters. The van der Waals surface area contributed by atoms with Gasteiger partial charge in [0.15, 0.2) is 0 Å². The minimum absolute atomic E-state index is 0.144. The zero-order valence-corrected chi connectivity index (χ0v) is 9.65. The lowest BCUT2D eigenvalue weighted by molar-refractivity contribution is 0.0942. The number of hydrogen-bond acceptors (Lipinski definition) is 4. The fourth-order valence-corrected chi connectivity index (χ4v) is 2.16. The highest BCUT2D eigenvalue weighted by atomic mass is 32.2. The molecule has 4 nitrogen and oxygen atoms in total. The first-order valence-corrected chi connectivity index (χ1v) is 5.92. The quantitative estimate of drug-likeness (QED) is 0.761. The molecular formula is C11H11N3OS. The Morgan fingerprint density at radius 3 is 2.94 bits per heavy atom. The van der Waals surface area contributed by atoms with Gasteiger partial charge >= 0.3 is 0 Å². The highest BCUT2D eigenvalue weighted by Gasteiger charge is 2.12. The summed E-state index contributed by atoms with van der Waals surface area (Å²) < 4.78 is 1.25. The van der Waals surface area contributed by atoms with E-state index in [0.717, 1.165) is 10.6 Å². The van der Waals surface area contributed by atoms with Crippen molar-refractivity contribution in [1.82, 2.24) is 14.8 Å². The first-order valence-electron chi connectivity index (χ1n) is 4.94. The van der Waals surface area contributed by atoms with Crippen molar-refractivity contribution >= 4 is 17.7 Å². The van der Waals surface area contributed by atoms with Crippen LogP contribution in [-0.4, -0.2) is 26.4 Å². The zero-order chi connectivity index (χ0) is 11.4. The van der Waals surface area contributed by atoms with Gasteiger partial charge in [-0.2, -0.15) is 9.78 Å². The van der Waals surface area contributed by atoms with E-state index < -0.39 is 0 Å². The second kappa shape index (κ2) is 4.94. The Balaban J connectivity index is 2.36. The molecule has 5 heteroatoms. The molecule has 0 saturated carbocycles. The molecule has 0 amide bonds. The Morgan fingerprint density at radius 1 is 1.44 bits per heavy atom. The number of benzene rings is 1. The van der Waals surface area contributed by atoms with Crippen LogP contribution in [0, 0.1) is 0 Å². The minimum Gasteiger partial charge on any atom is -0.267 e. The topological polar surface area (TPSA) is 47.8 Å². The summed E-state index contributed by atoms with van der Waals surface area (Å²) in [5.74, 6) is 0.788. The van der Waals surface area contributed by atoms with E-state index in [1.807, 2.05) is 24.3 Å². The summed E-state index contributed by atoms with van der Waals surface area (Å²) in [4.78, 5) is 16.8. The SMILES string of the molecule is CCSc1ccccc1C(=O)n1cncn1. The molecule has 82 valence electrons. The van der Waals surface area contributed by atoms with Crippen molar-refractivity contribution in [3.8, 4) is 0 Å². The Kier molecular flexibility index (Phi) is 3.36. The number of nitrogens with zero attached hydrogens (tertiary/aromatic N) is 3. The summed E-state index contributed by atoms with van der Waals surface area (Å²) in [6, 6.07) is 7.53. The van der Waals surface area contributed by atoms with Crippen LogP contribution in [0.3, 0.4) is 0 Å². The molecule has 0 saturated heterocycles. The first kappa shape index (κ1) is 10.9. The molecule has 0 bridgehead atoms. The van der Waals surface area contributed by atoms with Crippen LogP contribution < -0.4 is 0 Å². The lowest BCUT2D eigenvalue weighted by Crippen LogP contribution is -2.13. The van der Waals surface area contributed by atoms with E-state index in [4.69, 9.17) is 0 Å². The van der Waals surface area contributed by atoms with Crippen LogP contribution in [0.5, 0.6) is 0 Å². The molecule has 0 radical (unpaired) electrons. The van der Waals surface area contributed by atoms with Gasteiger partial charge < -0.3 is 0 Å². The number of carbonyl (C=O) groups is 1. The molecular weight excluding hydrogens is 222 g/mol. The van der Waals surface area contributed by atoms with Gasteiger partial charge in [-0.3, -0.25) is 4.79 Å². The maximum atomic E-state index is 12.1. The average molecular weight is 233 g/mol. The Bertz CT molecular complexity index is 482. The fourth-order valence-electron chi connectivity index (χ4n) is 1.36. The molecule has 1 heterocycles. The summed E-state index contributed by atoms with van der Waals surface area (Å²) in [5, 5.41) is 3.84. The van der Waals surface area contributed by atoms with E-state index in [0.29, 0.717) is 5.56 Å². The van der Waals surface area contributed by atoms with Gasteiger partial charge in [0.1, 0.15) is 12.7 Å². The minimum atomic E-state index is -0.144. The van der Waals surface area contributed by atoms with Gasteiger partial charge in [0.25, 0.3) is 5.91 Å². The van der Waals surface area contributed by atoms with E-state index in [-0.39, 0.29) is 5.91 Å². The Labute approximate surface area is 97.7 Å². The van der Waals surface area contributed by atoms with Crippen molar-refractivity contribution in [2.24, 2.45) is 0 Å². The predicted octanol–water partition coefficient (Wildman–Crippen LogP) is 2.08. The molecule has 0 aliphatic heterocycles. The van der Waals surface area contributed by atoms with Gasteiger partial charge in [-0.15, -0.1) is 11.8 Å². The lowest BCUT2D eigenvalue weighted by atomic mass is 10.2. The molecule has 0 fully saturated rings. The van der Waals surface area contributed by atoms with Crippen LogP contribution in [0.1, 0.15) is 17.3 Å². The number of rotatable bonds is 3. The average Bonchev–Trinajstić information content (AvgIpc) is 2.83. The summed E-state index contributed by atoms with van der Waals surface area (Å²) in [5.41, 5.74) is 0.667. The third kappa shape index (κ3) is 2.14. The third-order valence-electron chi connectivity index (χ3n) is 2.04. The van der Waals surface area contributed by atoms with Crippen molar-refractivity contribution in [2.75, 3.05) is 5.75 Å². The van der Waals surface area contributed by atoms with Crippen molar-refractivity contribution in [1.29, 1.82) is 0 Å². The third-order valence-corrected chi connectivity index (χ3v) is 3.00. The molecule has 2 aromatic rings. The number of thioether (sulfide) groups is 1. The van der Waals surface area contributed by atoms with Crippen molar-refractivity contribution in [3.63, 3.8) is 0 Å². The van der Waals surface area contributed by atoms with Gasteiger partial charge in [0, 0.05) is 4.90 Å². The molecule has 0 N–H and O–H groups in total. The molecule has 0 spiro atoms. The van der Waals surface area contributed by atoms with E-state index in [1.54, 1.807) is 11.8 Å². The largest absolute Gasteiger partial charge is 0.280 e. The molecule has 0 aliphatic rings. The summed E-state index contributed by atoms with van der Waals surface area (Å²) >= 11 is 1.65. The van der Waals surface area contributed by atoms with E-state index in [2.05, 4.69) is 17.0 Å². The normalized spacial score (nSPS) is 10.3. The standard InChI is InChI=1S/C11H11N3OS/c1-2-16-10-6-4-3-5-9(10)11(15)14-8-12-7-13-14/h3-8H,2H2,1H3. The van der Waals surface area contributed by atoms with Gasteiger partial charge in [-0.1, -0.05) is 19.1 Å². The van der Waals surface area contributed by atoms with E-state index in [1.165, 1.54) is 17.3 Å². The smallest absolute Gasteiger partial charge is 0.267 e. The molecule has 2 rings (SSSR count). The molecule has 16 heavy (non-hydrogen) atoms. The van der Waals surface area contributed by atoms with Crippen molar-refractivity contribution < 1.29 is 4.79 Å². The zero-order valence-electron chi connectivity index (χ0n) is 8.83. The van der Waals surface area contributed by atoms with E-state index in [9.17, 15) is 4.79 Å². The molecule has 1 aromatic carbocycles. The highest BCUT2D eigenvalue weighted by Crippen LogP contribution is 2.22. The van der Waals surface area contributed by atoms with Crippen LogP contribution in [-0.2, 0) is 0 Å². The second-order valence-corrected chi connectivity index (χ2v) is 4.38. The highest BCUT2D eigenvalue weighted by molar-refractivity contribution is 7.99. The van der Waals surface area contributed by atoms with Crippen LogP contribution >= 0.6 is 11.8 Å². The van der Waals surface area contributed by atoms with Crippen molar-refractivity contribution in [2.45, 2.75) is 11.8 Å². The Morgan fingerprint density at radius 2 is 2.25 bits per heavy atom. The maximum Gasteiger partial charge on any atom is 0.280 e. The predicted molar refractivity (Wildman–Crippen MR) is 62.6 cm³/mol. The van der Waals surface area contributed by atoms with Crippen LogP contribution in [0.25, 0.3) is 0 Å². The summed E-state index contributed by atoms with van der Waals surface area (Å²) in [6.45, 7) is 2.06. The summed E-state index contributed by atoms with van der Waals surface area (Å²) in [6.07, 6.45) is 2.77. The fraction of sp³-hybridized carbons (Fsp3) is 0.182. The van der Waals surface area contributed by atoms with Gasteiger partial charge in [0.2, 0.25) is 0 Å². The first-order chi connectivity index (χ1) is 7.83. The summed E-state index contributed by atoms with van der Waals surface area (Å²) in [7, 11) is 0. The lowest BCUT2D eigenvalue weighted by Gasteiger charge is -2.05. The molecule has 0 aliphatic carbocycles. The van der Waals surface area contributed by atoms with E-state index >= 15 is 0 Å². The van der Waals surface area contributed by atoms with Crippen LogP contribution in [0.15, 0.2) is 41.8 Å². The van der Waals surface area contributed by atoms with Gasteiger partial charge in [-0.05, 0) is 17.9 Å². The van der Waals surface area contributed by atoms with Crippen LogP contribution in [0.2, 0.25) is 0 Å². The number of hydrogen-bond donors (Lipinski definition) is 0. The second-order valence-electron chi connectivity index (χ2n) is 3.07. The van der Waals surface area contributed by atoms with Gasteiger partial charge in [-0.25, -0.2) is 4.98 Å². The Hall–Kier alpha value is -1.62. The van der Waals surface area contributed by atoms with Gasteiger partial charge in [0.05, 0.1) is 5.56 Å². The molecule has 0 atom stereocenters. The number of aromatic nitrogens is 3. The van der Waals surface area contributed by atoms with Crippen LogP contribution in [0.4, 0.5) is 0 Å². The van der Waals surface area contributed by atoms with Crippen molar-refractivity contribution in [3.05, 3.63) is 42.5 Å². The molecule has 1 aromatic heterocycles. The number of carbonyl (C=O) groups excluding carboxylic acids is 1.